The fourth-order valence-corrected chi connectivity index (χ4v) is 3.51. The smallest absolute Gasteiger partial charge is 0.347 e. The molecule has 0 fully saturated rings. The second-order valence-electron chi connectivity index (χ2n) is 7.29. The molecule has 1 amide bonds. The fraction of sp³-hybridized carbons (Fsp3) is 0.364. The first-order chi connectivity index (χ1) is 14.3. The molecule has 0 unspecified atom stereocenters. The molecule has 2 aromatic rings. The minimum atomic E-state index is -4.35. The average Bonchev–Trinajstić information content (AvgIpc) is 2.73. The number of hydrogen-bond acceptors (Lipinski definition) is 2. The number of hydrogen-bond donors (Lipinski definition) is 1. The van der Waals surface area contributed by atoms with Crippen LogP contribution in [-0.2, 0) is 30.5 Å². The number of carbonyl (C=O) groups excluding carboxylic acids is 1. The minimum Gasteiger partial charge on any atom is -0.347 e. The van der Waals surface area contributed by atoms with E-state index in [1.807, 2.05) is 23.1 Å². The topological polar surface area (TPSA) is 47.9 Å². The lowest BCUT2D eigenvalue weighted by molar-refractivity contribution is -0.137. The third-order valence-electron chi connectivity index (χ3n) is 5.16. The highest BCUT2D eigenvalue weighted by Gasteiger charge is 2.30. The lowest BCUT2D eigenvalue weighted by Crippen LogP contribution is -2.46. The Kier molecular flexibility index (Phi) is 6.64. The number of guanidine groups is 1. The Hall–Kier alpha value is -3.03. The molecule has 0 aliphatic carbocycles. The number of nitrogens with zero attached hydrogens (tertiary/aromatic N) is 3. The van der Waals surface area contributed by atoms with Crippen molar-refractivity contribution < 1.29 is 18.0 Å². The zero-order valence-electron chi connectivity index (χ0n) is 17.0. The summed E-state index contributed by atoms with van der Waals surface area (Å²) in [4.78, 5) is 20.4. The summed E-state index contributed by atoms with van der Waals surface area (Å²) in [7, 11) is 3.38. The van der Waals surface area contributed by atoms with Crippen LogP contribution < -0.4 is 5.32 Å². The van der Waals surface area contributed by atoms with Gasteiger partial charge in [-0.3, -0.25) is 9.79 Å². The molecule has 1 aliphatic rings. The van der Waals surface area contributed by atoms with E-state index in [0.29, 0.717) is 31.2 Å². The highest BCUT2D eigenvalue weighted by molar-refractivity contribution is 5.86. The van der Waals surface area contributed by atoms with E-state index in [1.54, 1.807) is 19.0 Å². The normalized spacial score (nSPS) is 14.3. The number of fused-ring (bicyclic) bond motifs is 1. The molecule has 0 atom stereocenters. The van der Waals surface area contributed by atoms with E-state index in [9.17, 15) is 18.0 Å². The molecule has 0 saturated heterocycles. The maximum absolute atomic E-state index is 12.7. The van der Waals surface area contributed by atoms with Gasteiger partial charge >= 0.3 is 6.18 Å². The molecule has 0 aromatic heterocycles. The predicted molar refractivity (Wildman–Crippen MR) is 110 cm³/mol. The SMILES string of the molecule is CN=C(NCC(=O)N1CCc2ccccc2C1)N(C)Cc1ccc(C(F)(F)F)cc1. The van der Waals surface area contributed by atoms with Crippen molar-refractivity contribution in [1.82, 2.24) is 15.1 Å². The molecule has 30 heavy (non-hydrogen) atoms. The highest BCUT2D eigenvalue weighted by Crippen LogP contribution is 2.29. The van der Waals surface area contributed by atoms with Crippen molar-refractivity contribution in [2.45, 2.75) is 25.7 Å². The molecule has 160 valence electrons. The van der Waals surface area contributed by atoms with Gasteiger partial charge in [0.25, 0.3) is 0 Å². The van der Waals surface area contributed by atoms with E-state index in [4.69, 9.17) is 0 Å². The van der Waals surface area contributed by atoms with E-state index >= 15 is 0 Å². The number of benzene rings is 2. The third-order valence-corrected chi connectivity index (χ3v) is 5.16. The summed E-state index contributed by atoms with van der Waals surface area (Å²) < 4.78 is 38.1. The van der Waals surface area contributed by atoms with Crippen molar-refractivity contribution in [1.29, 1.82) is 0 Å². The Labute approximate surface area is 174 Å². The number of alkyl halides is 3. The van der Waals surface area contributed by atoms with Crippen LogP contribution in [0.1, 0.15) is 22.3 Å². The number of halogens is 3. The Bertz CT molecular complexity index is 909. The zero-order valence-corrected chi connectivity index (χ0v) is 17.0. The average molecular weight is 418 g/mol. The first kappa shape index (κ1) is 21.7. The number of nitrogens with one attached hydrogen (secondary N) is 1. The molecule has 5 nitrogen and oxygen atoms in total. The summed E-state index contributed by atoms with van der Waals surface area (Å²) in [6, 6.07) is 13.1. The Morgan fingerprint density at radius 1 is 1.13 bits per heavy atom. The van der Waals surface area contributed by atoms with Crippen LogP contribution in [0.15, 0.2) is 53.5 Å². The summed E-state index contributed by atoms with van der Waals surface area (Å²) in [6.45, 7) is 1.74. The molecule has 3 rings (SSSR count). The monoisotopic (exact) mass is 418 g/mol. The van der Waals surface area contributed by atoms with Crippen LogP contribution in [-0.4, -0.2) is 48.9 Å². The summed E-state index contributed by atoms with van der Waals surface area (Å²) >= 11 is 0. The first-order valence-electron chi connectivity index (χ1n) is 9.70. The Morgan fingerprint density at radius 3 is 2.43 bits per heavy atom. The molecule has 0 spiro atoms. The van der Waals surface area contributed by atoms with Crippen LogP contribution in [0.25, 0.3) is 0 Å². The molecule has 2 aromatic carbocycles. The van der Waals surface area contributed by atoms with Crippen LogP contribution >= 0.6 is 0 Å². The molecule has 1 heterocycles. The van der Waals surface area contributed by atoms with E-state index in [1.165, 1.54) is 23.3 Å². The van der Waals surface area contributed by atoms with Gasteiger partial charge in [-0.1, -0.05) is 36.4 Å². The molecule has 0 bridgehead atoms. The number of amides is 1. The Balaban J connectivity index is 1.53. The fourth-order valence-electron chi connectivity index (χ4n) is 3.51. The number of rotatable bonds is 4. The maximum Gasteiger partial charge on any atom is 0.416 e. The van der Waals surface area contributed by atoms with Gasteiger partial charge in [0.05, 0.1) is 12.1 Å². The van der Waals surface area contributed by atoms with Crippen molar-refractivity contribution in [2.24, 2.45) is 4.99 Å². The lowest BCUT2D eigenvalue weighted by Gasteiger charge is -2.29. The van der Waals surface area contributed by atoms with Crippen molar-refractivity contribution in [3.05, 3.63) is 70.8 Å². The highest BCUT2D eigenvalue weighted by atomic mass is 19.4. The van der Waals surface area contributed by atoms with Gasteiger partial charge in [-0.05, 0) is 35.2 Å². The van der Waals surface area contributed by atoms with Crippen molar-refractivity contribution in [2.75, 3.05) is 27.2 Å². The summed E-state index contributed by atoms with van der Waals surface area (Å²) in [5.41, 5.74) is 2.49. The largest absolute Gasteiger partial charge is 0.416 e. The standard InChI is InChI=1S/C22H25F3N4O/c1-26-21(28(2)14-16-7-9-19(10-8-16)22(23,24)25)27-13-20(30)29-12-11-17-5-3-4-6-18(17)15-29/h3-10H,11-15H2,1-2H3,(H,26,27). The first-order valence-corrected chi connectivity index (χ1v) is 9.70. The van der Waals surface area contributed by atoms with Crippen molar-refractivity contribution in [3.8, 4) is 0 Å². The van der Waals surface area contributed by atoms with Gasteiger partial charge in [-0.15, -0.1) is 0 Å². The van der Waals surface area contributed by atoms with Crippen LogP contribution in [0.5, 0.6) is 0 Å². The second-order valence-corrected chi connectivity index (χ2v) is 7.29. The lowest BCUT2D eigenvalue weighted by atomic mass is 10.00. The molecule has 0 radical (unpaired) electrons. The zero-order chi connectivity index (χ0) is 21.7. The molecular formula is C22H25F3N4O. The van der Waals surface area contributed by atoms with E-state index < -0.39 is 11.7 Å². The Morgan fingerprint density at radius 2 is 1.80 bits per heavy atom. The minimum absolute atomic E-state index is 0.0198. The van der Waals surface area contributed by atoms with Crippen LogP contribution in [0.3, 0.4) is 0 Å². The van der Waals surface area contributed by atoms with Gasteiger partial charge < -0.3 is 15.1 Å². The van der Waals surface area contributed by atoms with Crippen LogP contribution in [0.2, 0.25) is 0 Å². The van der Waals surface area contributed by atoms with Gasteiger partial charge in [0.15, 0.2) is 5.96 Å². The molecule has 1 N–H and O–H groups in total. The van der Waals surface area contributed by atoms with Gasteiger partial charge in [-0.25, -0.2) is 0 Å². The predicted octanol–water partition coefficient (Wildman–Crippen LogP) is 3.30. The number of carbonyl (C=O) groups is 1. The van der Waals surface area contributed by atoms with Gasteiger partial charge in [0.2, 0.25) is 5.91 Å². The van der Waals surface area contributed by atoms with Gasteiger partial charge in [-0.2, -0.15) is 13.2 Å². The van der Waals surface area contributed by atoms with Crippen LogP contribution in [0, 0.1) is 0 Å². The molecule has 1 aliphatic heterocycles. The quantitative estimate of drug-likeness (QED) is 0.612. The molecule has 8 heteroatoms. The van der Waals surface area contributed by atoms with Crippen LogP contribution in [0.4, 0.5) is 13.2 Å². The second kappa shape index (κ2) is 9.19. The van der Waals surface area contributed by atoms with Crippen molar-refractivity contribution in [3.63, 3.8) is 0 Å². The van der Waals surface area contributed by atoms with Gasteiger partial charge in [0.1, 0.15) is 0 Å². The van der Waals surface area contributed by atoms with E-state index in [-0.39, 0.29) is 12.5 Å². The summed E-state index contributed by atoms with van der Waals surface area (Å²) in [6.07, 6.45) is -3.51. The third kappa shape index (κ3) is 5.31. The summed E-state index contributed by atoms with van der Waals surface area (Å²) in [5.74, 6) is 0.481. The summed E-state index contributed by atoms with van der Waals surface area (Å²) in [5, 5.41) is 3.05. The number of aliphatic imine (C=N–C) groups is 1. The van der Waals surface area contributed by atoms with Gasteiger partial charge in [0, 0.05) is 33.7 Å². The molecular weight excluding hydrogens is 393 g/mol. The van der Waals surface area contributed by atoms with E-state index in [2.05, 4.69) is 16.4 Å². The molecule has 0 saturated carbocycles. The maximum atomic E-state index is 12.7. The van der Waals surface area contributed by atoms with Crippen molar-refractivity contribution >= 4 is 11.9 Å². The van der Waals surface area contributed by atoms with E-state index in [0.717, 1.165) is 18.6 Å².